The lowest BCUT2D eigenvalue weighted by Gasteiger charge is -2.17. The van der Waals surface area contributed by atoms with E-state index in [-0.39, 0.29) is 5.92 Å². The molecule has 0 bridgehead atoms. The predicted octanol–water partition coefficient (Wildman–Crippen LogP) is 1.42. The summed E-state index contributed by atoms with van der Waals surface area (Å²) in [6, 6.07) is 7.48. The summed E-state index contributed by atoms with van der Waals surface area (Å²) in [6.07, 6.45) is 1.16. The summed E-state index contributed by atoms with van der Waals surface area (Å²) >= 11 is 0. The summed E-state index contributed by atoms with van der Waals surface area (Å²) in [4.78, 5) is 25.6. The molecule has 1 heterocycles. The highest BCUT2D eigenvalue weighted by Gasteiger charge is 2.32. The number of carbonyl (C=O) groups excluding carboxylic acids is 2. The van der Waals surface area contributed by atoms with Crippen molar-refractivity contribution in [3.63, 3.8) is 0 Å². The molecular formula is C16H22N2O3. The second kappa shape index (κ2) is 6.72. The molecule has 21 heavy (non-hydrogen) atoms. The Morgan fingerprint density at radius 3 is 2.86 bits per heavy atom. The quantitative estimate of drug-likeness (QED) is 0.827. The third kappa shape index (κ3) is 3.82. The van der Waals surface area contributed by atoms with E-state index in [9.17, 15) is 14.7 Å². The average molecular weight is 290 g/mol. The number of hydrogen-bond acceptors (Lipinski definition) is 3. The van der Waals surface area contributed by atoms with Gasteiger partial charge in [0, 0.05) is 24.7 Å². The molecule has 2 amide bonds. The molecule has 1 fully saturated rings. The molecule has 1 saturated heterocycles. The van der Waals surface area contributed by atoms with Crippen molar-refractivity contribution in [3.8, 4) is 0 Å². The molecular weight excluding hydrogens is 268 g/mol. The zero-order valence-corrected chi connectivity index (χ0v) is 12.5. The molecule has 2 unspecified atom stereocenters. The molecule has 5 nitrogen and oxygen atoms in total. The summed E-state index contributed by atoms with van der Waals surface area (Å²) in [5.74, 6) is -1.08. The van der Waals surface area contributed by atoms with Gasteiger partial charge in [0.15, 0.2) is 0 Å². The van der Waals surface area contributed by atoms with Crippen LogP contribution in [0, 0.1) is 5.92 Å². The maximum Gasteiger partial charge on any atom is 0.313 e. The van der Waals surface area contributed by atoms with Gasteiger partial charge in [-0.05, 0) is 37.5 Å². The SMILES string of the molecule is CCc1cccc(NC(=O)C(=O)N2CCC(C(C)O)C2)c1. The van der Waals surface area contributed by atoms with E-state index in [2.05, 4.69) is 5.32 Å². The minimum atomic E-state index is -0.616. The number of carbonyl (C=O) groups is 2. The molecule has 0 aromatic heterocycles. The number of amides is 2. The van der Waals surface area contributed by atoms with Crippen LogP contribution >= 0.6 is 0 Å². The highest BCUT2D eigenvalue weighted by atomic mass is 16.3. The topological polar surface area (TPSA) is 69.6 Å². The van der Waals surface area contributed by atoms with Gasteiger partial charge < -0.3 is 15.3 Å². The van der Waals surface area contributed by atoms with Crippen LogP contribution in [0.2, 0.25) is 0 Å². The van der Waals surface area contributed by atoms with Gasteiger partial charge in [0.25, 0.3) is 0 Å². The van der Waals surface area contributed by atoms with E-state index in [1.54, 1.807) is 13.0 Å². The number of aryl methyl sites for hydroxylation is 1. The monoisotopic (exact) mass is 290 g/mol. The van der Waals surface area contributed by atoms with Gasteiger partial charge in [-0.15, -0.1) is 0 Å². The summed E-state index contributed by atoms with van der Waals surface area (Å²) < 4.78 is 0. The first-order chi connectivity index (χ1) is 10.0. The standard InChI is InChI=1S/C16H22N2O3/c1-3-12-5-4-6-14(9-12)17-15(20)16(21)18-8-7-13(10-18)11(2)19/h4-6,9,11,13,19H,3,7-8,10H2,1-2H3,(H,17,20). The van der Waals surface area contributed by atoms with Gasteiger partial charge in [-0.3, -0.25) is 9.59 Å². The average Bonchev–Trinajstić information content (AvgIpc) is 2.96. The first-order valence-corrected chi connectivity index (χ1v) is 7.38. The second-order valence-electron chi connectivity index (χ2n) is 5.55. The molecule has 2 N–H and O–H groups in total. The number of nitrogens with zero attached hydrogens (tertiary/aromatic N) is 1. The number of likely N-dealkylation sites (tertiary alicyclic amines) is 1. The molecule has 0 radical (unpaired) electrons. The number of benzene rings is 1. The van der Waals surface area contributed by atoms with Crippen LogP contribution in [0.15, 0.2) is 24.3 Å². The van der Waals surface area contributed by atoms with Crippen LogP contribution in [0.4, 0.5) is 5.69 Å². The minimum Gasteiger partial charge on any atom is -0.393 e. The van der Waals surface area contributed by atoms with Crippen molar-refractivity contribution >= 4 is 17.5 Å². The van der Waals surface area contributed by atoms with Gasteiger partial charge in [0.1, 0.15) is 0 Å². The van der Waals surface area contributed by atoms with Crippen molar-refractivity contribution in [2.75, 3.05) is 18.4 Å². The Hall–Kier alpha value is -1.88. The molecule has 114 valence electrons. The third-order valence-electron chi connectivity index (χ3n) is 3.98. The number of aliphatic hydroxyl groups is 1. The van der Waals surface area contributed by atoms with Crippen molar-refractivity contribution < 1.29 is 14.7 Å². The zero-order valence-electron chi connectivity index (χ0n) is 12.5. The van der Waals surface area contributed by atoms with Gasteiger partial charge in [-0.25, -0.2) is 0 Å². The minimum absolute atomic E-state index is 0.0603. The third-order valence-corrected chi connectivity index (χ3v) is 3.98. The molecule has 2 atom stereocenters. The van der Waals surface area contributed by atoms with Crippen LogP contribution < -0.4 is 5.32 Å². The fourth-order valence-corrected chi connectivity index (χ4v) is 2.56. The molecule has 0 spiro atoms. The molecule has 1 aromatic rings. The van der Waals surface area contributed by atoms with Gasteiger partial charge in [0.2, 0.25) is 0 Å². The first-order valence-electron chi connectivity index (χ1n) is 7.38. The smallest absolute Gasteiger partial charge is 0.313 e. The van der Waals surface area contributed by atoms with E-state index in [1.165, 1.54) is 4.90 Å². The Kier molecular flexibility index (Phi) is 4.96. The fourth-order valence-electron chi connectivity index (χ4n) is 2.56. The van der Waals surface area contributed by atoms with E-state index in [4.69, 9.17) is 0 Å². The van der Waals surface area contributed by atoms with Gasteiger partial charge in [-0.1, -0.05) is 19.1 Å². The predicted molar refractivity (Wildman–Crippen MR) is 80.8 cm³/mol. The van der Waals surface area contributed by atoms with E-state index >= 15 is 0 Å². The molecule has 0 aliphatic carbocycles. The van der Waals surface area contributed by atoms with Crippen LogP contribution in [0.25, 0.3) is 0 Å². The Bertz CT molecular complexity index is 528. The second-order valence-corrected chi connectivity index (χ2v) is 5.55. The fraction of sp³-hybridized carbons (Fsp3) is 0.500. The lowest BCUT2D eigenvalue weighted by Crippen LogP contribution is -2.38. The van der Waals surface area contributed by atoms with E-state index in [0.717, 1.165) is 18.4 Å². The Morgan fingerprint density at radius 1 is 1.48 bits per heavy atom. The maximum absolute atomic E-state index is 12.1. The largest absolute Gasteiger partial charge is 0.393 e. The number of anilines is 1. The molecule has 5 heteroatoms. The van der Waals surface area contributed by atoms with Crippen LogP contribution in [0.5, 0.6) is 0 Å². The number of rotatable bonds is 3. The van der Waals surface area contributed by atoms with Gasteiger partial charge in [0.05, 0.1) is 6.10 Å². The van der Waals surface area contributed by atoms with Crippen molar-refractivity contribution in [3.05, 3.63) is 29.8 Å². The van der Waals surface area contributed by atoms with E-state index < -0.39 is 17.9 Å². The summed E-state index contributed by atoms with van der Waals surface area (Å²) in [6.45, 7) is 4.72. The van der Waals surface area contributed by atoms with Crippen molar-refractivity contribution in [1.82, 2.24) is 4.90 Å². The highest BCUT2D eigenvalue weighted by Crippen LogP contribution is 2.20. The lowest BCUT2D eigenvalue weighted by atomic mass is 10.0. The highest BCUT2D eigenvalue weighted by molar-refractivity contribution is 6.39. The molecule has 1 aliphatic heterocycles. The molecule has 1 aliphatic rings. The van der Waals surface area contributed by atoms with Crippen LogP contribution in [0.1, 0.15) is 25.8 Å². The van der Waals surface area contributed by atoms with E-state index in [1.807, 2.05) is 25.1 Å². The maximum atomic E-state index is 12.1. The normalized spacial score (nSPS) is 19.4. The first kappa shape index (κ1) is 15.5. The molecule has 0 saturated carbocycles. The summed E-state index contributed by atoms with van der Waals surface area (Å²) in [7, 11) is 0. The molecule has 1 aromatic carbocycles. The van der Waals surface area contributed by atoms with Crippen LogP contribution in [0.3, 0.4) is 0 Å². The number of aliphatic hydroxyl groups excluding tert-OH is 1. The summed E-state index contributed by atoms with van der Waals surface area (Å²) in [5, 5.41) is 12.2. The van der Waals surface area contributed by atoms with Crippen molar-refractivity contribution in [2.45, 2.75) is 32.8 Å². The van der Waals surface area contributed by atoms with Crippen molar-refractivity contribution in [1.29, 1.82) is 0 Å². The Balaban J connectivity index is 1.95. The number of nitrogens with one attached hydrogen (secondary N) is 1. The van der Waals surface area contributed by atoms with Crippen molar-refractivity contribution in [2.24, 2.45) is 5.92 Å². The Labute approximate surface area is 125 Å². The Morgan fingerprint density at radius 2 is 2.24 bits per heavy atom. The summed E-state index contributed by atoms with van der Waals surface area (Å²) in [5.41, 5.74) is 1.74. The van der Waals surface area contributed by atoms with Crippen LogP contribution in [-0.2, 0) is 16.0 Å². The van der Waals surface area contributed by atoms with Crippen LogP contribution in [-0.4, -0.2) is 41.0 Å². The van der Waals surface area contributed by atoms with E-state index in [0.29, 0.717) is 18.8 Å². The number of hydrogen-bond donors (Lipinski definition) is 2. The lowest BCUT2D eigenvalue weighted by molar-refractivity contribution is -0.142. The molecule has 2 rings (SSSR count). The van der Waals surface area contributed by atoms with Gasteiger partial charge >= 0.3 is 11.8 Å². The van der Waals surface area contributed by atoms with Gasteiger partial charge in [-0.2, -0.15) is 0 Å². The zero-order chi connectivity index (χ0) is 15.4.